The molecule has 23 heavy (non-hydrogen) atoms. The lowest BCUT2D eigenvalue weighted by Crippen LogP contribution is -2.27. The predicted octanol–water partition coefficient (Wildman–Crippen LogP) is 3.30. The van der Waals surface area contributed by atoms with Crippen molar-refractivity contribution in [2.75, 3.05) is 20.8 Å². The van der Waals surface area contributed by atoms with Crippen LogP contribution >= 0.6 is 0 Å². The summed E-state index contributed by atoms with van der Waals surface area (Å²) in [5.41, 5.74) is 1.97. The molecule has 0 radical (unpaired) electrons. The van der Waals surface area contributed by atoms with Gasteiger partial charge >= 0.3 is 0 Å². The number of para-hydroxylation sites is 1. The van der Waals surface area contributed by atoms with Gasteiger partial charge in [0.25, 0.3) is 0 Å². The maximum atomic E-state index is 12.4. The van der Waals surface area contributed by atoms with E-state index in [0.717, 1.165) is 22.6 Å². The molecule has 2 aromatic carbocycles. The second kappa shape index (κ2) is 8.22. The first kappa shape index (κ1) is 16.9. The van der Waals surface area contributed by atoms with Gasteiger partial charge in [0.05, 0.1) is 20.1 Å². The lowest BCUT2D eigenvalue weighted by molar-refractivity contribution is -0.129. The summed E-state index contributed by atoms with van der Waals surface area (Å²) in [6.07, 6.45) is 0.331. The Balaban J connectivity index is 1.96. The number of amides is 1. The fourth-order valence-corrected chi connectivity index (χ4v) is 2.37. The molecule has 0 aromatic heterocycles. The monoisotopic (exact) mass is 313 g/mol. The van der Waals surface area contributed by atoms with E-state index < -0.39 is 0 Å². The van der Waals surface area contributed by atoms with Crippen LogP contribution in [0.1, 0.15) is 18.1 Å². The lowest BCUT2D eigenvalue weighted by Gasteiger charge is -2.18. The van der Waals surface area contributed by atoms with Gasteiger partial charge in [-0.05, 0) is 30.7 Å². The molecule has 0 saturated heterocycles. The Bertz CT molecular complexity index is 637. The van der Waals surface area contributed by atoms with Crippen molar-refractivity contribution in [1.82, 2.24) is 4.90 Å². The molecule has 1 amide bonds. The largest absolute Gasteiger partial charge is 0.496 e. The Hall–Kier alpha value is -2.49. The highest BCUT2D eigenvalue weighted by atomic mass is 16.5. The lowest BCUT2D eigenvalue weighted by atomic mass is 10.1. The van der Waals surface area contributed by atoms with E-state index in [1.54, 1.807) is 12.0 Å². The summed E-state index contributed by atoms with van der Waals surface area (Å²) < 4.78 is 10.7. The minimum atomic E-state index is 0.0587. The molecule has 0 N–H and O–H groups in total. The van der Waals surface area contributed by atoms with E-state index >= 15 is 0 Å². The molecule has 2 rings (SSSR count). The molecule has 0 saturated carbocycles. The molecule has 0 heterocycles. The smallest absolute Gasteiger partial charge is 0.227 e. The fraction of sp³-hybridized carbons (Fsp3) is 0.316. The summed E-state index contributed by atoms with van der Waals surface area (Å²) in [4.78, 5) is 14.1. The van der Waals surface area contributed by atoms with Crippen molar-refractivity contribution in [3.8, 4) is 11.5 Å². The van der Waals surface area contributed by atoms with E-state index in [1.807, 2.05) is 62.5 Å². The summed E-state index contributed by atoms with van der Waals surface area (Å²) >= 11 is 0. The molecule has 0 aliphatic rings. The number of carbonyl (C=O) groups is 1. The summed E-state index contributed by atoms with van der Waals surface area (Å²) in [6.45, 7) is 3.18. The zero-order valence-electron chi connectivity index (χ0n) is 13.9. The molecule has 0 fully saturated rings. The van der Waals surface area contributed by atoms with Crippen LogP contribution in [0.15, 0.2) is 48.5 Å². The van der Waals surface area contributed by atoms with E-state index in [1.165, 1.54) is 0 Å². The van der Waals surface area contributed by atoms with Crippen LogP contribution in [-0.4, -0.2) is 31.6 Å². The molecule has 0 aliphatic heterocycles. The molecular formula is C19H23NO3. The molecule has 4 heteroatoms. The third kappa shape index (κ3) is 4.74. The van der Waals surface area contributed by atoms with Crippen molar-refractivity contribution < 1.29 is 14.3 Å². The van der Waals surface area contributed by atoms with E-state index in [4.69, 9.17) is 9.47 Å². The molecule has 0 spiro atoms. The van der Waals surface area contributed by atoms with Gasteiger partial charge in [-0.15, -0.1) is 0 Å². The third-order valence-corrected chi connectivity index (χ3v) is 3.61. The molecule has 0 aliphatic carbocycles. The zero-order chi connectivity index (χ0) is 16.7. The molecule has 0 unspecified atom stereocenters. The number of carbonyl (C=O) groups excluding carboxylic acids is 1. The molecular weight excluding hydrogens is 290 g/mol. The second-order valence-electron chi connectivity index (χ2n) is 5.32. The number of benzene rings is 2. The maximum Gasteiger partial charge on any atom is 0.227 e. The first-order chi connectivity index (χ1) is 11.1. The van der Waals surface area contributed by atoms with Gasteiger partial charge in [-0.25, -0.2) is 0 Å². The van der Waals surface area contributed by atoms with Gasteiger partial charge in [0.2, 0.25) is 5.91 Å². The molecule has 0 bridgehead atoms. The highest BCUT2D eigenvalue weighted by Gasteiger charge is 2.13. The maximum absolute atomic E-state index is 12.4. The van der Waals surface area contributed by atoms with Gasteiger partial charge in [-0.1, -0.05) is 30.3 Å². The number of hydrogen-bond acceptors (Lipinski definition) is 3. The average molecular weight is 313 g/mol. The van der Waals surface area contributed by atoms with Crippen LogP contribution in [0.4, 0.5) is 0 Å². The van der Waals surface area contributed by atoms with Gasteiger partial charge in [-0.2, -0.15) is 0 Å². The van der Waals surface area contributed by atoms with E-state index in [2.05, 4.69) is 0 Å². The van der Waals surface area contributed by atoms with Crippen molar-refractivity contribution in [1.29, 1.82) is 0 Å². The second-order valence-corrected chi connectivity index (χ2v) is 5.32. The van der Waals surface area contributed by atoms with E-state index in [0.29, 0.717) is 19.6 Å². The van der Waals surface area contributed by atoms with Crippen molar-refractivity contribution in [2.45, 2.75) is 19.9 Å². The van der Waals surface area contributed by atoms with E-state index in [-0.39, 0.29) is 5.91 Å². The average Bonchev–Trinajstić information content (AvgIpc) is 2.57. The van der Waals surface area contributed by atoms with Crippen molar-refractivity contribution >= 4 is 5.91 Å². The van der Waals surface area contributed by atoms with Gasteiger partial charge < -0.3 is 14.4 Å². The van der Waals surface area contributed by atoms with Crippen LogP contribution in [0.25, 0.3) is 0 Å². The fourth-order valence-electron chi connectivity index (χ4n) is 2.37. The minimum absolute atomic E-state index is 0.0587. The quantitative estimate of drug-likeness (QED) is 0.787. The third-order valence-electron chi connectivity index (χ3n) is 3.61. The number of methoxy groups -OCH3 is 1. The Kier molecular flexibility index (Phi) is 6.03. The van der Waals surface area contributed by atoms with Crippen LogP contribution in [0, 0.1) is 0 Å². The van der Waals surface area contributed by atoms with Crippen molar-refractivity contribution in [2.24, 2.45) is 0 Å². The Morgan fingerprint density at radius 2 is 1.78 bits per heavy atom. The van der Waals surface area contributed by atoms with Crippen LogP contribution < -0.4 is 9.47 Å². The number of likely N-dealkylation sites (N-methyl/N-ethyl adjacent to an activating group) is 1. The van der Waals surface area contributed by atoms with Crippen LogP contribution in [0.2, 0.25) is 0 Å². The Morgan fingerprint density at radius 3 is 2.43 bits per heavy atom. The first-order valence-corrected chi connectivity index (χ1v) is 7.71. The standard InChI is InChI=1S/C19H23NO3/c1-4-23-17-11-9-15(10-12-17)14-20(2)19(21)13-16-7-5-6-8-18(16)22-3/h5-12H,4,13-14H2,1-3H3. The summed E-state index contributed by atoms with van der Waals surface area (Å²) in [5.74, 6) is 1.65. The summed E-state index contributed by atoms with van der Waals surface area (Å²) in [6, 6.07) is 15.4. The predicted molar refractivity (Wildman–Crippen MR) is 90.8 cm³/mol. The topological polar surface area (TPSA) is 38.8 Å². The highest BCUT2D eigenvalue weighted by molar-refractivity contribution is 5.79. The van der Waals surface area contributed by atoms with Gasteiger partial charge in [-0.3, -0.25) is 4.79 Å². The number of ether oxygens (including phenoxy) is 2. The van der Waals surface area contributed by atoms with Crippen LogP contribution in [0.5, 0.6) is 11.5 Å². The van der Waals surface area contributed by atoms with Gasteiger partial charge in [0.15, 0.2) is 0 Å². The molecule has 0 atom stereocenters. The first-order valence-electron chi connectivity index (χ1n) is 7.71. The highest BCUT2D eigenvalue weighted by Crippen LogP contribution is 2.19. The van der Waals surface area contributed by atoms with Crippen LogP contribution in [-0.2, 0) is 17.8 Å². The number of nitrogens with zero attached hydrogens (tertiary/aromatic N) is 1. The normalized spacial score (nSPS) is 10.2. The van der Waals surface area contributed by atoms with Crippen molar-refractivity contribution in [3.05, 3.63) is 59.7 Å². The molecule has 4 nitrogen and oxygen atoms in total. The SMILES string of the molecule is CCOc1ccc(CN(C)C(=O)Cc2ccccc2OC)cc1. The Morgan fingerprint density at radius 1 is 1.09 bits per heavy atom. The summed E-state index contributed by atoms with van der Waals surface area (Å²) in [5, 5.41) is 0. The van der Waals surface area contributed by atoms with E-state index in [9.17, 15) is 4.79 Å². The zero-order valence-corrected chi connectivity index (χ0v) is 13.9. The number of rotatable bonds is 7. The van der Waals surface area contributed by atoms with Gasteiger partial charge in [0.1, 0.15) is 11.5 Å². The number of hydrogen-bond donors (Lipinski definition) is 0. The van der Waals surface area contributed by atoms with Gasteiger partial charge in [0, 0.05) is 19.2 Å². The minimum Gasteiger partial charge on any atom is -0.496 e. The van der Waals surface area contributed by atoms with Crippen molar-refractivity contribution in [3.63, 3.8) is 0 Å². The molecule has 122 valence electrons. The Labute approximate surface area is 137 Å². The summed E-state index contributed by atoms with van der Waals surface area (Å²) in [7, 11) is 3.43. The molecule has 2 aromatic rings. The van der Waals surface area contributed by atoms with Crippen LogP contribution in [0.3, 0.4) is 0 Å².